The van der Waals surface area contributed by atoms with E-state index in [2.05, 4.69) is 57.2 Å². The summed E-state index contributed by atoms with van der Waals surface area (Å²) in [6.45, 7) is 7.22. The van der Waals surface area contributed by atoms with E-state index in [9.17, 15) is 9.59 Å². The number of carbonyl (C=O) groups excluding carboxylic acids is 2. The smallest absolute Gasteiger partial charge is 0.305 e. The summed E-state index contributed by atoms with van der Waals surface area (Å²) < 4.78 is 5.20. The van der Waals surface area contributed by atoms with Crippen molar-refractivity contribution in [2.24, 2.45) is 5.92 Å². The van der Waals surface area contributed by atoms with E-state index in [1.165, 1.54) is 62.5 Å². The van der Waals surface area contributed by atoms with Gasteiger partial charge in [0.05, 0.1) is 6.61 Å². The average Bonchev–Trinajstić information content (AvgIpc) is 3.32. The van der Waals surface area contributed by atoms with Gasteiger partial charge in [-0.1, -0.05) is 102 Å². The summed E-state index contributed by atoms with van der Waals surface area (Å²) in [5, 5.41) is 0. The molecule has 3 nitrogen and oxygen atoms in total. The van der Waals surface area contributed by atoms with Crippen LogP contribution in [0.25, 0.3) is 0 Å². The van der Waals surface area contributed by atoms with Crippen LogP contribution in [0.1, 0.15) is 122 Å². The highest BCUT2D eigenvalue weighted by Crippen LogP contribution is 2.23. The number of Topliss-reactive ketones (excluding diaryl/α,β-unsaturated/α-hetero) is 1. The molecule has 1 aromatic rings. The van der Waals surface area contributed by atoms with Crippen LogP contribution in [0.15, 0.2) is 36.4 Å². The van der Waals surface area contributed by atoms with E-state index in [-0.39, 0.29) is 5.97 Å². The molecule has 0 saturated heterocycles. The molecule has 0 N–H and O–H groups in total. The zero-order valence-corrected chi connectivity index (χ0v) is 24.9. The molecule has 4 heteroatoms. The lowest BCUT2D eigenvalue weighted by atomic mass is 10.0. The van der Waals surface area contributed by atoms with Crippen molar-refractivity contribution in [1.82, 2.24) is 0 Å². The van der Waals surface area contributed by atoms with Crippen molar-refractivity contribution in [3.8, 4) is 0 Å². The summed E-state index contributed by atoms with van der Waals surface area (Å²) in [4.78, 5) is 22.5. The van der Waals surface area contributed by atoms with E-state index in [4.69, 9.17) is 4.74 Å². The van der Waals surface area contributed by atoms with E-state index < -0.39 is 0 Å². The Hall–Kier alpha value is -1.55. The Kier molecular flexibility index (Phi) is 21.3. The number of ether oxygens (including phenoxy) is 1. The normalized spacial score (nSPS) is 15.1. The summed E-state index contributed by atoms with van der Waals surface area (Å²) in [5.41, 5.74) is 2.88. The van der Waals surface area contributed by atoms with Crippen LogP contribution < -0.4 is 0 Å². The first-order valence-corrected chi connectivity index (χ1v) is 16.2. The summed E-state index contributed by atoms with van der Waals surface area (Å²) >= 11 is 1.88. The predicted octanol–water partition coefficient (Wildman–Crippen LogP) is 9.31. The lowest BCUT2D eigenvalue weighted by molar-refractivity contribution is -0.143. The molecule has 0 spiro atoms. The van der Waals surface area contributed by atoms with Crippen LogP contribution in [0, 0.1) is 5.92 Å². The van der Waals surface area contributed by atoms with Crippen LogP contribution in [-0.2, 0) is 27.2 Å². The molecule has 2 rings (SSSR count). The summed E-state index contributed by atoms with van der Waals surface area (Å²) in [6, 6.07) is 8.93. The monoisotopic (exact) mass is 530 g/mol. The Morgan fingerprint density at radius 1 is 0.973 bits per heavy atom. The third-order valence-corrected chi connectivity index (χ3v) is 7.69. The summed E-state index contributed by atoms with van der Waals surface area (Å²) in [6.07, 6.45) is 22.1. The predicted molar refractivity (Wildman–Crippen MR) is 161 cm³/mol. The minimum Gasteiger partial charge on any atom is -0.466 e. The van der Waals surface area contributed by atoms with Crippen molar-refractivity contribution in [3.63, 3.8) is 0 Å². The first kappa shape index (κ1) is 33.5. The third kappa shape index (κ3) is 19.2. The Morgan fingerprint density at radius 3 is 2.38 bits per heavy atom. The van der Waals surface area contributed by atoms with Crippen LogP contribution in [0.5, 0.6) is 0 Å². The number of esters is 1. The molecule has 0 amide bonds. The van der Waals surface area contributed by atoms with Crippen molar-refractivity contribution in [2.45, 2.75) is 124 Å². The van der Waals surface area contributed by atoms with Crippen LogP contribution in [0.4, 0.5) is 0 Å². The largest absolute Gasteiger partial charge is 0.466 e. The molecule has 1 fully saturated rings. The van der Waals surface area contributed by atoms with Crippen LogP contribution in [0.2, 0.25) is 0 Å². The maximum absolute atomic E-state index is 11.3. The molecule has 1 atom stereocenters. The Bertz CT molecular complexity index is 743. The minimum absolute atomic E-state index is 0.0160. The second kappa shape index (κ2) is 23.6. The van der Waals surface area contributed by atoms with E-state index in [0.717, 1.165) is 56.5 Å². The van der Waals surface area contributed by atoms with Gasteiger partial charge in [-0.3, -0.25) is 9.59 Å². The molecule has 0 heterocycles. The molecule has 0 aliphatic heterocycles. The molecule has 1 aliphatic rings. The zero-order chi connectivity index (χ0) is 27.0. The molecule has 0 aromatic heterocycles. The number of allylic oxidation sites excluding steroid dienone is 2. The summed E-state index contributed by atoms with van der Waals surface area (Å²) in [7, 11) is 0. The van der Waals surface area contributed by atoms with Gasteiger partial charge in [-0.15, -0.1) is 0 Å². The molecule has 1 saturated carbocycles. The van der Waals surface area contributed by atoms with Crippen molar-refractivity contribution in [3.05, 3.63) is 47.5 Å². The Balaban J connectivity index is 0.000000371. The molecule has 1 unspecified atom stereocenters. The number of unbranched alkanes of at least 4 members (excludes halogenated alkanes) is 6. The minimum atomic E-state index is -0.0160. The maximum atomic E-state index is 11.3. The quantitative estimate of drug-likeness (QED) is 0.101. The first-order chi connectivity index (χ1) is 18.1. The number of ketones is 1. The van der Waals surface area contributed by atoms with Gasteiger partial charge in [0.25, 0.3) is 0 Å². The van der Waals surface area contributed by atoms with Gasteiger partial charge >= 0.3 is 5.97 Å². The Morgan fingerprint density at radius 2 is 1.70 bits per heavy atom. The lowest BCUT2D eigenvalue weighted by Crippen LogP contribution is -2.06. The van der Waals surface area contributed by atoms with Gasteiger partial charge in [-0.05, 0) is 67.1 Å². The van der Waals surface area contributed by atoms with Gasteiger partial charge in [-0.25, -0.2) is 0 Å². The molecule has 0 radical (unpaired) electrons. The number of hydrogen-bond donors (Lipinski definition) is 0. The van der Waals surface area contributed by atoms with E-state index in [1.54, 1.807) is 0 Å². The van der Waals surface area contributed by atoms with Crippen molar-refractivity contribution < 1.29 is 14.3 Å². The number of aryl methyl sites for hydroxylation is 2. The van der Waals surface area contributed by atoms with E-state index >= 15 is 0 Å². The lowest BCUT2D eigenvalue weighted by Gasteiger charge is -2.04. The number of rotatable bonds is 19. The molecular weight excluding hydrogens is 476 g/mol. The van der Waals surface area contributed by atoms with E-state index in [1.807, 2.05) is 11.8 Å². The number of hydrogen-bond acceptors (Lipinski definition) is 4. The van der Waals surface area contributed by atoms with Crippen LogP contribution >= 0.6 is 11.8 Å². The van der Waals surface area contributed by atoms with Crippen molar-refractivity contribution >= 4 is 23.5 Å². The van der Waals surface area contributed by atoms with Crippen molar-refractivity contribution in [2.75, 3.05) is 18.1 Å². The SMILES string of the molecule is CCCCCCCCCOC(=O)CCCSCC.CCCc1cccc(CC/C=C/C2CCC(=O)C2)c1. The molecule has 1 aliphatic carbocycles. The standard InChI is InChI=1S/C18H24O.C15H30O2S/c1-2-6-15-9-5-10-16(13-15)7-3-4-8-17-11-12-18(19)14-17;1-3-5-6-7-8-9-10-13-17-15(16)12-11-14-18-4-2/h4-5,8-10,13,17H,2-3,6-7,11-12,14H2,1H3;3-14H2,1-2H3/b8-4+;. The van der Waals surface area contributed by atoms with Crippen LogP contribution in [-0.4, -0.2) is 29.9 Å². The van der Waals surface area contributed by atoms with Gasteiger partial charge in [0, 0.05) is 19.3 Å². The van der Waals surface area contributed by atoms with Gasteiger partial charge in [0.2, 0.25) is 0 Å². The second-order valence-corrected chi connectivity index (χ2v) is 11.6. The number of carbonyl (C=O) groups is 2. The number of thioether (sulfide) groups is 1. The van der Waals surface area contributed by atoms with Gasteiger partial charge in [0.1, 0.15) is 5.78 Å². The average molecular weight is 531 g/mol. The highest BCUT2D eigenvalue weighted by molar-refractivity contribution is 7.99. The molecule has 37 heavy (non-hydrogen) atoms. The second-order valence-electron chi connectivity index (χ2n) is 10.2. The summed E-state index contributed by atoms with van der Waals surface area (Å²) in [5.74, 6) is 3.13. The Labute approximate surface area is 232 Å². The number of benzene rings is 1. The zero-order valence-electron chi connectivity index (χ0n) is 24.1. The fourth-order valence-electron chi connectivity index (χ4n) is 4.56. The fraction of sp³-hybridized carbons (Fsp3) is 0.697. The van der Waals surface area contributed by atoms with Gasteiger partial charge in [-0.2, -0.15) is 11.8 Å². The van der Waals surface area contributed by atoms with Gasteiger partial charge < -0.3 is 4.74 Å². The molecular formula is C33H54O3S. The highest BCUT2D eigenvalue weighted by atomic mass is 32.2. The molecule has 210 valence electrons. The van der Waals surface area contributed by atoms with Crippen LogP contribution in [0.3, 0.4) is 0 Å². The fourth-order valence-corrected chi connectivity index (χ4v) is 5.19. The molecule has 0 bridgehead atoms. The topological polar surface area (TPSA) is 43.4 Å². The molecule has 1 aromatic carbocycles. The first-order valence-electron chi connectivity index (χ1n) is 15.1. The maximum Gasteiger partial charge on any atom is 0.305 e. The van der Waals surface area contributed by atoms with Gasteiger partial charge in [0.15, 0.2) is 0 Å². The highest BCUT2D eigenvalue weighted by Gasteiger charge is 2.18. The van der Waals surface area contributed by atoms with Crippen molar-refractivity contribution in [1.29, 1.82) is 0 Å². The van der Waals surface area contributed by atoms with E-state index in [0.29, 0.717) is 24.7 Å². The third-order valence-electron chi connectivity index (χ3n) is 6.71.